The molecule has 0 fully saturated rings. The minimum atomic E-state index is -3.04. The molecule has 0 radical (unpaired) electrons. The molecule has 0 saturated heterocycles. The van der Waals surface area contributed by atoms with Gasteiger partial charge in [-0.15, -0.1) is 0 Å². The number of halogens is 2. The molecule has 2 N–H and O–H groups in total. The summed E-state index contributed by atoms with van der Waals surface area (Å²) in [6.45, 7) is -3.04. The predicted octanol–water partition coefficient (Wildman–Crippen LogP) is 1.46. The Bertz CT molecular complexity index is 498. The Hall–Kier alpha value is -2.36. The van der Waals surface area contributed by atoms with Gasteiger partial charge >= 0.3 is 12.6 Å². The molecule has 0 aliphatic carbocycles. The van der Waals surface area contributed by atoms with E-state index in [-0.39, 0.29) is 23.4 Å². The maximum Gasteiger partial charge on any atom is 0.387 e. The topological polar surface area (TPSA) is 85.3 Å². The Morgan fingerprint density at radius 2 is 2.22 bits per heavy atom. The summed E-state index contributed by atoms with van der Waals surface area (Å²) in [6, 6.07) is 4.09. The van der Waals surface area contributed by atoms with E-state index in [0.717, 1.165) is 6.07 Å². The fourth-order valence-electron chi connectivity index (χ4n) is 1.32. The second-order valence-electron chi connectivity index (χ2n) is 3.29. The number of nitrogen functional groups attached to an aromatic ring is 1. The van der Waals surface area contributed by atoms with Crippen LogP contribution in [0.3, 0.4) is 0 Å². The number of benzene rings is 1. The maximum absolute atomic E-state index is 12.1. The molecule has 0 amide bonds. The number of carbonyl (C=O) groups is 1. The summed E-state index contributed by atoms with van der Waals surface area (Å²) >= 11 is 0. The van der Waals surface area contributed by atoms with Gasteiger partial charge in [-0.25, -0.2) is 0 Å². The molecule has 1 aromatic carbocycles. The summed E-state index contributed by atoms with van der Waals surface area (Å²) in [4.78, 5) is 11.1. The zero-order valence-electron chi connectivity index (χ0n) is 9.44. The zero-order valence-corrected chi connectivity index (χ0v) is 9.44. The number of esters is 1. The lowest BCUT2D eigenvalue weighted by molar-refractivity contribution is -0.139. The average Bonchev–Trinajstić information content (AvgIpc) is 2.31. The van der Waals surface area contributed by atoms with Crippen LogP contribution in [0.1, 0.15) is 11.1 Å². The van der Waals surface area contributed by atoms with E-state index in [0.29, 0.717) is 5.56 Å². The third-order valence-electron chi connectivity index (χ3n) is 2.13. The number of alkyl halides is 2. The number of hydrogen-bond acceptors (Lipinski definition) is 5. The van der Waals surface area contributed by atoms with Crippen LogP contribution >= 0.6 is 0 Å². The van der Waals surface area contributed by atoms with E-state index in [4.69, 9.17) is 11.0 Å². The summed E-state index contributed by atoms with van der Waals surface area (Å²) in [7, 11) is 1.20. The van der Waals surface area contributed by atoms with E-state index < -0.39 is 12.6 Å². The highest BCUT2D eigenvalue weighted by Gasteiger charge is 2.14. The molecule has 0 saturated carbocycles. The van der Waals surface area contributed by atoms with Crippen molar-refractivity contribution in [3.05, 3.63) is 23.3 Å². The van der Waals surface area contributed by atoms with Crippen molar-refractivity contribution >= 4 is 11.7 Å². The Balaban J connectivity index is 3.11. The minimum absolute atomic E-state index is 0.0326. The first kappa shape index (κ1) is 13.7. The molecule has 1 aromatic rings. The molecular formula is C11H10F2N2O3. The smallest absolute Gasteiger partial charge is 0.387 e. The van der Waals surface area contributed by atoms with Gasteiger partial charge in [0.2, 0.25) is 0 Å². The molecular weight excluding hydrogens is 246 g/mol. The van der Waals surface area contributed by atoms with E-state index in [1.165, 1.54) is 13.2 Å². The van der Waals surface area contributed by atoms with Gasteiger partial charge in [-0.05, 0) is 11.6 Å². The summed E-state index contributed by atoms with van der Waals surface area (Å²) in [5.41, 5.74) is 5.74. The van der Waals surface area contributed by atoms with Gasteiger partial charge in [0.25, 0.3) is 0 Å². The van der Waals surface area contributed by atoms with Crippen LogP contribution < -0.4 is 10.5 Å². The molecule has 18 heavy (non-hydrogen) atoms. The zero-order chi connectivity index (χ0) is 13.7. The first-order chi connectivity index (χ1) is 8.47. The number of hydrogen-bond donors (Lipinski definition) is 1. The normalized spacial score (nSPS) is 9.94. The molecule has 0 aliphatic heterocycles. The average molecular weight is 256 g/mol. The summed E-state index contributed by atoms with van der Waals surface area (Å²) in [5.74, 6) is -0.858. The first-order valence-electron chi connectivity index (χ1n) is 4.82. The van der Waals surface area contributed by atoms with Crippen LogP contribution in [0.25, 0.3) is 0 Å². The van der Waals surface area contributed by atoms with Gasteiger partial charge in [0, 0.05) is 6.07 Å². The third-order valence-corrected chi connectivity index (χ3v) is 2.13. The van der Waals surface area contributed by atoms with Crippen molar-refractivity contribution < 1.29 is 23.0 Å². The fraction of sp³-hybridized carbons (Fsp3) is 0.273. The lowest BCUT2D eigenvalue weighted by Gasteiger charge is -2.10. The highest BCUT2D eigenvalue weighted by atomic mass is 19.3. The van der Waals surface area contributed by atoms with Crippen LogP contribution in [0, 0.1) is 11.3 Å². The van der Waals surface area contributed by atoms with Gasteiger partial charge < -0.3 is 15.2 Å². The number of ether oxygens (including phenoxy) is 2. The van der Waals surface area contributed by atoms with Crippen LogP contribution in [0.2, 0.25) is 0 Å². The standard InChI is InChI=1S/C11H10F2N2O3/c1-17-10(16)4-6-2-8(15)9(18-11(12)13)3-7(6)5-14/h2-3,11H,4,15H2,1H3. The number of nitriles is 1. The van der Waals surface area contributed by atoms with Crippen molar-refractivity contribution in [1.29, 1.82) is 5.26 Å². The largest absolute Gasteiger partial charge is 0.469 e. The minimum Gasteiger partial charge on any atom is -0.469 e. The van der Waals surface area contributed by atoms with Crippen molar-refractivity contribution in [3.63, 3.8) is 0 Å². The number of nitrogens with two attached hydrogens (primary N) is 1. The van der Waals surface area contributed by atoms with Crippen molar-refractivity contribution in [2.75, 3.05) is 12.8 Å². The third kappa shape index (κ3) is 3.31. The summed E-state index contributed by atoms with van der Waals surface area (Å²) in [5, 5.41) is 8.87. The molecule has 96 valence electrons. The van der Waals surface area contributed by atoms with E-state index >= 15 is 0 Å². The second-order valence-corrected chi connectivity index (χ2v) is 3.29. The Labute approximate surface area is 102 Å². The maximum atomic E-state index is 12.1. The molecule has 0 aliphatic rings. The van der Waals surface area contributed by atoms with Gasteiger partial charge in [0.15, 0.2) is 0 Å². The molecule has 0 spiro atoms. The van der Waals surface area contributed by atoms with Crippen LogP contribution in [-0.4, -0.2) is 19.7 Å². The molecule has 0 aromatic heterocycles. The highest BCUT2D eigenvalue weighted by molar-refractivity contribution is 5.75. The monoisotopic (exact) mass is 256 g/mol. The van der Waals surface area contributed by atoms with E-state index in [9.17, 15) is 13.6 Å². The summed E-state index contributed by atoms with van der Waals surface area (Å²) < 4.78 is 32.7. The van der Waals surface area contributed by atoms with Crippen LogP contribution in [-0.2, 0) is 16.0 Å². The van der Waals surface area contributed by atoms with E-state index in [2.05, 4.69) is 9.47 Å². The van der Waals surface area contributed by atoms with Crippen LogP contribution in [0.4, 0.5) is 14.5 Å². The number of carbonyl (C=O) groups excluding carboxylic acids is 1. The van der Waals surface area contributed by atoms with E-state index in [1.807, 2.05) is 0 Å². The number of anilines is 1. The Morgan fingerprint density at radius 1 is 1.56 bits per heavy atom. The fourth-order valence-corrected chi connectivity index (χ4v) is 1.32. The van der Waals surface area contributed by atoms with Gasteiger partial charge in [0.1, 0.15) is 5.75 Å². The van der Waals surface area contributed by atoms with Crippen LogP contribution in [0.5, 0.6) is 5.75 Å². The van der Waals surface area contributed by atoms with Gasteiger partial charge in [-0.1, -0.05) is 0 Å². The molecule has 5 nitrogen and oxygen atoms in total. The number of nitrogens with zero attached hydrogens (tertiary/aromatic N) is 1. The van der Waals surface area contributed by atoms with Crippen molar-refractivity contribution in [2.24, 2.45) is 0 Å². The summed E-state index contributed by atoms with van der Waals surface area (Å²) in [6.07, 6.45) is -0.168. The molecule has 1 rings (SSSR count). The predicted molar refractivity (Wildman–Crippen MR) is 57.9 cm³/mol. The highest BCUT2D eigenvalue weighted by Crippen LogP contribution is 2.27. The lowest BCUT2D eigenvalue weighted by atomic mass is 10.0. The Morgan fingerprint density at radius 3 is 2.72 bits per heavy atom. The lowest BCUT2D eigenvalue weighted by Crippen LogP contribution is -2.09. The Kier molecular flexibility index (Phi) is 4.43. The van der Waals surface area contributed by atoms with Gasteiger partial charge in [-0.3, -0.25) is 4.79 Å². The van der Waals surface area contributed by atoms with E-state index in [1.54, 1.807) is 6.07 Å². The SMILES string of the molecule is COC(=O)Cc1cc(N)c(OC(F)F)cc1C#N. The molecule has 0 heterocycles. The number of methoxy groups -OCH3 is 1. The van der Waals surface area contributed by atoms with Crippen molar-refractivity contribution in [2.45, 2.75) is 13.0 Å². The van der Waals surface area contributed by atoms with Crippen molar-refractivity contribution in [3.8, 4) is 11.8 Å². The van der Waals surface area contributed by atoms with Gasteiger partial charge in [0.05, 0.1) is 30.9 Å². The van der Waals surface area contributed by atoms with Crippen LogP contribution in [0.15, 0.2) is 12.1 Å². The molecule has 0 atom stereocenters. The molecule has 0 bridgehead atoms. The number of rotatable bonds is 4. The van der Waals surface area contributed by atoms with Crippen molar-refractivity contribution in [1.82, 2.24) is 0 Å². The first-order valence-corrected chi connectivity index (χ1v) is 4.82. The quantitative estimate of drug-likeness (QED) is 0.651. The molecule has 0 unspecified atom stereocenters. The second kappa shape index (κ2) is 5.82. The van der Waals surface area contributed by atoms with Gasteiger partial charge in [-0.2, -0.15) is 14.0 Å². The molecule has 7 heteroatoms.